The lowest BCUT2D eigenvalue weighted by atomic mass is 9.81. The first-order chi connectivity index (χ1) is 9.40. The van der Waals surface area contributed by atoms with Crippen LogP contribution in [0.3, 0.4) is 0 Å². The molecule has 0 spiro atoms. The molecule has 1 saturated heterocycles. The van der Waals surface area contributed by atoms with Crippen molar-refractivity contribution in [3.63, 3.8) is 0 Å². The second-order valence-electron chi connectivity index (χ2n) is 6.25. The maximum atomic E-state index is 10.9. The Morgan fingerprint density at radius 2 is 1.50 bits per heavy atom. The zero-order valence-corrected chi connectivity index (χ0v) is 13.7. The van der Waals surface area contributed by atoms with E-state index in [9.17, 15) is 5.11 Å². The quantitative estimate of drug-likeness (QED) is 0.901. The van der Waals surface area contributed by atoms with Crippen LogP contribution in [-0.2, 0) is 4.74 Å². The zero-order valence-electron chi connectivity index (χ0n) is 13.7. The zero-order chi connectivity index (χ0) is 15.0. The van der Waals surface area contributed by atoms with E-state index < -0.39 is 6.10 Å². The first-order valence-corrected chi connectivity index (χ1v) is 7.76. The van der Waals surface area contributed by atoms with Gasteiger partial charge in [-0.25, -0.2) is 0 Å². The summed E-state index contributed by atoms with van der Waals surface area (Å²) in [4.78, 5) is 0. The van der Waals surface area contributed by atoms with E-state index in [0.717, 1.165) is 25.0 Å². The molecule has 2 nitrogen and oxygen atoms in total. The Bertz CT molecular complexity index is 476. The molecule has 2 heteroatoms. The lowest BCUT2D eigenvalue weighted by Crippen LogP contribution is -2.24. The summed E-state index contributed by atoms with van der Waals surface area (Å²) < 4.78 is 5.76. The molecule has 0 aliphatic carbocycles. The van der Waals surface area contributed by atoms with Crippen molar-refractivity contribution in [3.05, 3.63) is 33.4 Å². The number of ether oxygens (including phenoxy) is 1. The molecule has 0 aromatic heterocycles. The van der Waals surface area contributed by atoms with Crippen LogP contribution in [0.25, 0.3) is 0 Å². The Hall–Kier alpha value is -0.860. The van der Waals surface area contributed by atoms with Gasteiger partial charge in [-0.15, -0.1) is 0 Å². The van der Waals surface area contributed by atoms with Crippen molar-refractivity contribution in [2.75, 3.05) is 6.61 Å². The summed E-state index contributed by atoms with van der Waals surface area (Å²) in [6.07, 6.45) is 1.74. The molecule has 1 aliphatic heterocycles. The molecule has 2 rings (SSSR count). The van der Waals surface area contributed by atoms with Gasteiger partial charge in [0.2, 0.25) is 0 Å². The molecule has 1 aromatic carbocycles. The summed E-state index contributed by atoms with van der Waals surface area (Å²) in [6, 6.07) is 0. The number of hydrogen-bond donors (Lipinski definition) is 1. The minimum Gasteiger partial charge on any atom is -0.388 e. The Balaban J connectivity index is 2.47. The first-order valence-electron chi connectivity index (χ1n) is 7.76. The van der Waals surface area contributed by atoms with Gasteiger partial charge >= 0.3 is 0 Å². The molecule has 112 valence electrons. The molecule has 1 fully saturated rings. The van der Waals surface area contributed by atoms with Gasteiger partial charge in [0, 0.05) is 12.5 Å². The number of aliphatic hydroxyl groups excluding tert-OH is 1. The monoisotopic (exact) mass is 276 g/mol. The number of rotatable bonds is 3. The van der Waals surface area contributed by atoms with E-state index in [-0.39, 0.29) is 12.0 Å². The summed E-state index contributed by atoms with van der Waals surface area (Å²) in [5, 5.41) is 10.9. The molecular weight excluding hydrogens is 248 g/mol. The number of benzene rings is 1. The van der Waals surface area contributed by atoms with Crippen molar-refractivity contribution >= 4 is 0 Å². The minimum absolute atomic E-state index is 0.200. The molecule has 3 atom stereocenters. The third-order valence-corrected chi connectivity index (χ3v) is 5.42. The average Bonchev–Trinajstić information content (AvgIpc) is 2.91. The second-order valence-corrected chi connectivity index (χ2v) is 6.25. The molecule has 1 N–H and O–H groups in total. The van der Waals surface area contributed by atoms with Gasteiger partial charge in [-0.1, -0.05) is 6.92 Å². The second kappa shape index (κ2) is 5.87. The van der Waals surface area contributed by atoms with Crippen molar-refractivity contribution in [2.45, 2.75) is 66.6 Å². The summed E-state index contributed by atoms with van der Waals surface area (Å²) in [7, 11) is 0. The van der Waals surface area contributed by atoms with Crippen LogP contribution < -0.4 is 0 Å². The third-order valence-electron chi connectivity index (χ3n) is 5.42. The van der Waals surface area contributed by atoms with Crippen molar-refractivity contribution in [3.8, 4) is 0 Å². The fraction of sp³-hybridized carbons (Fsp3) is 0.667. The smallest absolute Gasteiger partial charge is 0.0849 e. The van der Waals surface area contributed by atoms with Crippen LogP contribution >= 0.6 is 0 Å². The predicted molar refractivity (Wildman–Crippen MR) is 83.2 cm³/mol. The highest BCUT2D eigenvalue weighted by atomic mass is 16.5. The van der Waals surface area contributed by atoms with Gasteiger partial charge in [-0.2, -0.15) is 0 Å². The normalized spacial score (nSPS) is 24.1. The molecule has 0 saturated carbocycles. The van der Waals surface area contributed by atoms with E-state index in [2.05, 4.69) is 41.5 Å². The molecule has 1 aromatic rings. The van der Waals surface area contributed by atoms with Crippen LogP contribution in [0.5, 0.6) is 0 Å². The van der Waals surface area contributed by atoms with Crippen LogP contribution in [0.2, 0.25) is 0 Å². The molecule has 3 unspecified atom stereocenters. The van der Waals surface area contributed by atoms with Crippen LogP contribution in [0.1, 0.15) is 59.3 Å². The van der Waals surface area contributed by atoms with Gasteiger partial charge in [0.1, 0.15) is 0 Å². The standard InChI is InChI=1S/C18H28O2/c1-7-16-15(8-9-20-16)18(19)17-13(5)11(3)10(2)12(4)14(17)6/h15-16,18-19H,7-9H2,1-6H3. The lowest BCUT2D eigenvalue weighted by Gasteiger charge is -2.28. The summed E-state index contributed by atoms with van der Waals surface area (Å²) in [5.74, 6) is 0.235. The van der Waals surface area contributed by atoms with E-state index in [4.69, 9.17) is 4.74 Å². The van der Waals surface area contributed by atoms with E-state index in [1.165, 1.54) is 27.8 Å². The average molecular weight is 276 g/mol. The maximum Gasteiger partial charge on any atom is 0.0849 e. The fourth-order valence-corrected chi connectivity index (χ4v) is 3.63. The van der Waals surface area contributed by atoms with Crippen molar-refractivity contribution in [1.82, 2.24) is 0 Å². The Morgan fingerprint density at radius 1 is 1.00 bits per heavy atom. The van der Waals surface area contributed by atoms with Gasteiger partial charge < -0.3 is 9.84 Å². The molecule has 0 amide bonds. The van der Waals surface area contributed by atoms with Crippen LogP contribution in [-0.4, -0.2) is 17.8 Å². The van der Waals surface area contributed by atoms with Crippen molar-refractivity contribution in [2.24, 2.45) is 5.92 Å². The molecule has 1 heterocycles. The van der Waals surface area contributed by atoms with E-state index in [1.54, 1.807) is 0 Å². The van der Waals surface area contributed by atoms with E-state index in [1.807, 2.05) is 0 Å². The molecule has 1 aliphatic rings. The largest absolute Gasteiger partial charge is 0.388 e. The number of aliphatic hydroxyl groups is 1. The van der Waals surface area contributed by atoms with E-state index >= 15 is 0 Å². The Labute approximate surface area is 123 Å². The maximum absolute atomic E-state index is 10.9. The lowest BCUT2D eigenvalue weighted by molar-refractivity contribution is 0.0302. The highest BCUT2D eigenvalue weighted by molar-refractivity contribution is 5.50. The fourth-order valence-electron chi connectivity index (χ4n) is 3.63. The van der Waals surface area contributed by atoms with Gasteiger partial charge in [0.25, 0.3) is 0 Å². The SMILES string of the molecule is CCC1OCCC1C(O)c1c(C)c(C)c(C)c(C)c1C. The molecule has 20 heavy (non-hydrogen) atoms. The third kappa shape index (κ3) is 2.40. The van der Waals surface area contributed by atoms with E-state index in [0.29, 0.717) is 0 Å². The van der Waals surface area contributed by atoms with Gasteiger partial charge in [0.05, 0.1) is 12.2 Å². The van der Waals surface area contributed by atoms with Crippen molar-refractivity contribution < 1.29 is 9.84 Å². The predicted octanol–water partition coefficient (Wildman–Crippen LogP) is 4.08. The van der Waals surface area contributed by atoms with Crippen LogP contribution in [0.15, 0.2) is 0 Å². The molecule has 0 bridgehead atoms. The van der Waals surface area contributed by atoms with Gasteiger partial charge in [-0.3, -0.25) is 0 Å². The first kappa shape index (κ1) is 15.5. The summed E-state index contributed by atoms with van der Waals surface area (Å²) in [5.41, 5.74) is 7.62. The Kier molecular flexibility index (Phi) is 4.55. The van der Waals surface area contributed by atoms with Gasteiger partial charge in [0.15, 0.2) is 0 Å². The highest BCUT2D eigenvalue weighted by Crippen LogP contribution is 2.39. The Morgan fingerprint density at radius 3 is 2.00 bits per heavy atom. The summed E-state index contributed by atoms with van der Waals surface area (Å²) in [6.45, 7) is 13.7. The topological polar surface area (TPSA) is 29.5 Å². The van der Waals surface area contributed by atoms with Crippen LogP contribution in [0, 0.1) is 40.5 Å². The van der Waals surface area contributed by atoms with Gasteiger partial charge in [-0.05, 0) is 80.8 Å². The highest BCUT2D eigenvalue weighted by Gasteiger charge is 2.35. The molecular formula is C18H28O2. The number of hydrogen-bond acceptors (Lipinski definition) is 2. The summed E-state index contributed by atoms with van der Waals surface area (Å²) >= 11 is 0. The van der Waals surface area contributed by atoms with Crippen molar-refractivity contribution in [1.29, 1.82) is 0 Å². The molecule has 0 radical (unpaired) electrons. The minimum atomic E-state index is -0.402. The van der Waals surface area contributed by atoms with Crippen LogP contribution in [0.4, 0.5) is 0 Å².